The van der Waals surface area contributed by atoms with Crippen molar-refractivity contribution >= 4 is 0 Å². The Morgan fingerprint density at radius 3 is 3.00 bits per heavy atom. The van der Waals surface area contributed by atoms with Crippen LogP contribution in [0.4, 0.5) is 0 Å². The Bertz CT molecular complexity index is 597. The minimum Gasteiger partial charge on any atom is -0.481 e. The highest BCUT2D eigenvalue weighted by atomic mass is 16.5. The Hall–Kier alpha value is -1.85. The van der Waals surface area contributed by atoms with Crippen LogP contribution in [-0.2, 0) is 18.3 Å². The van der Waals surface area contributed by atoms with Crippen molar-refractivity contribution in [2.24, 2.45) is 7.05 Å². The predicted octanol–water partition coefficient (Wildman–Crippen LogP) is 2.00. The number of morpholine rings is 1. The molecule has 1 aliphatic heterocycles. The highest BCUT2D eigenvalue weighted by Crippen LogP contribution is 2.26. The lowest BCUT2D eigenvalue weighted by Gasteiger charge is -2.35. The molecule has 5 heteroatoms. The van der Waals surface area contributed by atoms with E-state index in [0.29, 0.717) is 5.88 Å². The third kappa shape index (κ3) is 3.09. The van der Waals surface area contributed by atoms with Crippen molar-refractivity contribution in [1.29, 1.82) is 0 Å². The van der Waals surface area contributed by atoms with Gasteiger partial charge in [0.25, 0.3) is 0 Å². The van der Waals surface area contributed by atoms with E-state index < -0.39 is 0 Å². The van der Waals surface area contributed by atoms with Crippen LogP contribution in [0.3, 0.4) is 0 Å². The first-order chi connectivity index (χ1) is 10.3. The molecule has 0 amide bonds. The Balaban J connectivity index is 1.79. The average Bonchev–Trinajstić information content (AvgIpc) is 2.94. The second-order valence-electron chi connectivity index (χ2n) is 5.28. The molecule has 0 aromatic carbocycles. The molecule has 0 saturated carbocycles. The van der Waals surface area contributed by atoms with Crippen molar-refractivity contribution in [2.45, 2.75) is 12.6 Å². The average molecular weight is 287 g/mol. The topological polar surface area (TPSA) is 39.5 Å². The number of rotatable bonds is 4. The second kappa shape index (κ2) is 6.28. The van der Waals surface area contributed by atoms with E-state index in [1.807, 2.05) is 18.2 Å². The first-order valence-electron chi connectivity index (χ1n) is 7.21. The number of aryl methyl sites for hydroxylation is 1. The summed E-state index contributed by atoms with van der Waals surface area (Å²) in [6.07, 6.45) is 2.08. The van der Waals surface area contributed by atoms with Gasteiger partial charge in [-0.05, 0) is 18.2 Å². The maximum atomic E-state index is 5.67. The summed E-state index contributed by atoms with van der Waals surface area (Å²) in [4.78, 5) is 6.93. The predicted molar refractivity (Wildman–Crippen MR) is 80.2 cm³/mol. The van der Waals surface area contributed by atoms with Gasteiger partial charge in [-0.25, -0.2) is 4.98 Å². The molecule has 112 valence electrons. The van der Waals surface area contributed by atoms with Crippen LogP contribution >= 0.6 is 0 Å². The van der Waals surface area contributed by atoms with Crippen LogP contribution < -0.4 is 4.74 Å². The quantitative estimate of drug-likeness (QED) is 0.862. The summed E-state index contributed by atoms with van der Waals surface area (Å²) in [5.41, 5.74) is 2.30. The number of nitrogens with zero attached hydrogens (tertiary/aromatic N) is 3. The summed E-state index contributed by atoms with van der Waals surface area (Å²) in [5, 5.41) is 0. The van der Waals surface area contributed by atoms with Crippen LogP contribution in [0.25, 0.3) is 0 Å². The van der Waals surface area contributed by atoms with E-state index in [0.717, 1.165) is 32.0 Å². The third-order valence-corrected chi connectivity index (χ3v) is 3.92. The first kappa shape index (κ1) is 14.1. The normalized spacial score (nSPS) is 19.6. The minimum atomic E-state index is 0.270. The Kier molecular flexibility index (Phi) is 4.22. The van der Waals surface area contributed by atoms with Gasteiger partial charge < -0.3 is 14.0 Å². The number of ether oxygens (including phenoxy) is 2. The minimum absolute atomic E-state index is 0.270. The van der Waals surface area contributed by atoms with Gasteiger partial charge in [0.15, 0.2) is 0 Å². The molecular weight excluding hydrogens is 266 g/mol. The summed E-state index contributed by atoms with van der Waals surface area (Å²) in [5.74, 6) is 0.663. The van der Waals surface area contributed by atoms with Crippen LogP contribution in [0, 0.1) is 0 Å². The molecule has 1 aliphatic rings. The fourth-order valence-corrected chi connectivity index (χ4v) is 2.79. The van der Waals surface area contributed by atoms with E-state index >= 15 is 0 Å². The lowest BCUT2D eigenvalue weighted by Crippen LogP contribution is -2.39. The van der Waals surface area contributed by atoms with Gasteiger partial charge in [0, 0.05) is 38.1 Å². The summed E-state index contributed by atoms with van der Waals surface area (Å²) in [6, 6.07) is 10.4. The number of pyridine rings is 1. The summed E-state index contributed by atoms with van der Waals surface area (Å²) in [6.45, 7) is 3.21. The lowest BCUT2D eigenvalue weighted by atomic mass is 10.1. The van der Waals surface area contributed by atoms with Gasteiger partial charge in [-0.15, -0.1) is 0 Å². The summed E-state index contributed by atoms with van der Waals surface area (Å²) < 4.78 is 13.0. The van der Waals surface area contributed by atoms with E-state index in [1.54, 1.807) is 7.11 Å². The molecule has 21 heavy (non-hydrogen) atoms. The molecule has 5 nitrogen and oxygen atoms in total. The molecule has 0 aliphatic carbocycles. The van der Waals surface area contributed by atoms with Crippen LogP contribution in [0.2, 0.25) is 0 Å². The first-order valence-corrected chi connectivity index (χ1v) is 7.21. The zero-order valence-corrected chi connectivity index (χ0v) is 12.5. The van der Waals surface area contributed by atoms with E-state index in [2.05, 4.69) is 39.8 Å². The van der Waals surface area contributed by atoms with Crippen molar-refractivity contribution in [3.8, 4) is 5.88 Å². The highest BCUT2D eigenvalue weighted by Gasteiger charge is 2.26. The molecule has 1 unspecified atom stereocenters. The van der Waals surface area contributed by atoms with Gasteiger partial charge >= 0.3 is 0 Å². The van der Waals surface area contributed by atoms with Crippen LogP contribution in [0.1, 0.15) is 17.4 Å². The third-order valence-electron chi connectivity index (χ3n) is 3.92. The fraction of sp³-hybridized carbons (Fsp3) is 0.438. The van der Waals surface area contributed by atoms with Crippen LogP contribution in [0.15, 0.2) is 36.5 Å². The largest absolute Gasteiger partial charge is 0.481 e. The van der Waals surface area contributed by atoms with Gasteiger partial charge in [-0.3, -0.25) is 4.90 Å². The van der Waals surface area contributed by atoms with Gasteiger partial charge in [-0.2, -0.15) is 0 Å². The molecule has 1 saturated heterocycles. The summed E-state index contributed by atoms with van der Waals surface area (Å²) >= 11 is 0. The molecule has 2 aromatic heterocycles. The van der Waals surface area contributed by atoms with E-state index in [1.165, 1.54) is 5.69 Å². The number of aromatic nitrogens is 2. The van der Waals surface area contributed by atoms with E-state index in [4.69, 9.17) is 9.47 Å². The lowest BCUT2D eigenvalue weighted by molar-refractivity contribution is -0.0157. The van der Waals surface area contributed by atoms with Crippen LogP contribution in [-0.4, -0.2) is 41.3 Å². The zero-order chi connectivity index (χ0) is 14.7. The smallest absolute Gasteiger partial charge is 0.213 e. The Morgan fingerprint density at radius 1 is 1.33 bits per heavy atom. The highest BCUT2D eigenvalue weighted by molar-refractivity contribution is 5.17. The van der Waals surface area contributed by atoms with Gasteiger partial charge in [-0.1, -0.05) is 6.07 Å². The molecule has 3 rings (SSSR count). The van der Waals surface area contributed by atoms with Crippen molar-refractivity contribution in [1.82, 2.24) is 14.5 Å². The van der Waals surface area contributed by atoms with E-state index in [9.17, 15) is 0 Å². The monoisotopic (exact) mass is 287 g/mol. The summed E-state index contributed by atoms with van der Waals surface area (Å²) in [7, 11) is 3.72. The molecule has 1 atom stereocenters. The Labute approximate surface area is 125 Å². The maximum absolute atomic E-state index is 5.67. The SMILES string of the molecule is COc1cccc(CN2CCOCC2c2cccn2C)n1. The number of hydrogen-bond acceptors (Lipinski definition) is 4. The molecule has 0 spiro atoms. The van der Waals surface area contributed by atoms with E-state index in [-0.39, 0.29) is 6.04 Å². The van der Waals surface area contributed by atoms with Crippen molar-refractivity contribution in [3.63, 3.8) is 0 Å². The molecule has 3 heterocycles. The van der Waals surface area contributed by atoms with Crippen molar-refractivity contribution < 1.29 is 9.47 Å². The molecule has 1 fully saturated rings. The maximum Gasteiger partial charge on any atom is 0.213 e. The standard InChI is InChI=1S/C16H21N3O2/c1-18-8-4-6-14(18)15-12-21-10-9-19(15)11-13-5-3-7-16(17-13)20-2/h3-8,15H,9-12H2,1-2H3. The van der Waals surface area contributed by atoms with Gasteiger partial charge in [0.2, 0.25) is 5.88 Å². The fourth-order valence-electron chi connectivity index (χ4n) is 2.79. The van der Waals surface area contributed by atoms with Gasteiger partial charge in [0.1, 0.15) is 0 Å². The molecule has 2 aromatic rings. The molecule has 0 bridgehead atoms. The van der Waals surface area contributed by atoms with Crippen LogP contribution in [0.5, 0.6) is 5.88 Å². The molecule has 0 radical (unpaired) electrons. The second-order valence-corrected chi connectivity index (χ2v) is 5.28. The number of hydrogen-bond donors (Lipinski definition) is 0. The number of methoxy groups -OCH3 is 1. The molecular formula is C16H21N3O2. The van der Waals surface area contributed by atoms with Crippen molar-refractivity contribution in [3.05, 3.63) is 47.9 Å². The Morgan fingerprint density at radius 2 is 2.24 bits per heavy atom. The van der Waals surface area contributed by atoms with Crippen molar-refractivity contribution in [2.75, 3.05) is 26.9 Å². The molecule has 0 N–H and O–H groups in total. The zero-order valence-electron chi connectivity index (χ0n) is 12.5. The van der Waals surface area contributed by atoms with Gasteiger partial charge in [0.05, 0.1) is 32.1 Å².